The van der Waals surface area contributed by atoms with Crippen LogP contribution in [0.5, 0.6) is 0 Å². The highest BCUT2D eigenvalue weighted by molar-refractivity contribution is 7.90. The topological polar surface area (TPSA) is 63.7 Å². The van der Waals surface area contributed by atoms with Crippen molar-refractivity contribution in [1.82, 2.24) is 4.31 Å². The molecule has 0 unspecified atom stereocenters. The van der Waals surface area contributed by atoms with Gasteiger partial charge in [-0.3, -0.25) is 0 Å². The number of alkyl halides is 13. The quantitative estimate of drug-likeness (QED) is 0.128. The van der Waals surface area contributed by atoms with Gasteiger partial charge in [-0.2, -0.15) is 35.0 Å². The fraction of sp³-hybridized carbons (Fsp3) is 0.611. The third kappa shape index (κ3) is 13.2. The van der Waals surface area contributed by atoms with E-state index in [2.05, 4.69) is 37.6 Å². The van der Waals surface area contributed by atoms with E-state index in [1.54, 1.807) is 0 Å². The minimum absolute atomic E-state index is 0.331. The van der Waals surface area contributed by atoms with E-state index in [-0.39, 0.29) is 0 Å². The van der Waals surface area contributed by atoms with E-state index < -0.39 is 82.4 Å². The van der Waals surface area contributed by atoms with Crippen LogP contribution in [0.15, 0.2) is 39.0 Å². The Bertz CT molecular complexity index is 771. The van der Waals surface area contributed by atoms with Crippen molar-refractivity contribution in [1.29, 1.82) is 0 Å². The molecule has 0 N–H and O–H groups in total. The van der Waals surface area contributed by atoms with Crippen LogP contribution >= 0.6 is 0 Å². The molecule has 0 rings (SSSR count). The minimum Gasteiger partial charge on any atom is -0.461 e. The number of hydrogen-bond donors (Lipinski definition) is 0. The Labute approximate surface area is 204 Å². The molecular formula is C18H24F13NO4S. The van der Waals surface area contributed by atoms with Crippen LogP contribution in [0.3, 0.4) is 0 Å². The first-order valence-electron chi connectivity index (χ1n) is 8.90. The van der Waals surface area contributed by atoms with Gasteiger partial charge in [0.1, 0.15) is 6.61 Å². The van der Waals surface area contributed by atoms with Gasteiger partial charge in [0.15, 0.2) is 13.3 Å². The van der Waals surface area contributed by atoms with Crippen molar-refractivity contribution < 1.29 is 75.0 Å². The summed E-state index contributed by atoms with van der Waals surface area (Å²) in [5.41, 5.74) is 0. The van der Waals surface area contributed by atoms with E-state index in [4.69, 9.17) is 0 Å². The van der Waals surface area contributed by atoms with E-state index in [1.807, 2.05) is 0 Å². The highest BCUT2D eigenvalue weighted by atomic mass is 32.2. The van der Waals surface area contributed by atoms with Crippen LogP contribution in [-0.4, -0.2) is 81.4 Å². The average molecular weight is 597 g/mol. The number of ether oxygens (including phenoxy) is 1. The number of esters is 1. The van der Waals surface area contributed by atoms with Crippen molar-refractivity contribution in [3.63, 3.8) is 0 Å². The van der Waals surface area contributed by atoms with Crippen LogP contribution in [-0.2, 0) is 19.6 Å². The summed E-state index contributed by atoms with van der Waals surface area (Å²) in [6, 6.07) is 0. The predicted octanol–water partition coefficient (Wildman–Crippen LogP) is 5.96. The molecule has 0 aliphatic rings. The van der Waals surface area contributed by atoms with Crippen LogP contribution in [0.4, 0.5) is 57.1 Å². The maximum atomic E-state index is 13.2. The summed E-state index contributed by atoms with van der Waals surface area (Å²) >= 11 is 0. The number of hydrogen-bond acceptors (Lipinski definition) is 4. The molecule has 0 radical (unpaired) electrons. The smallest absolute Gasteiger partial charge is 0.461 e. The molecule has 0 aliphatic carbocycles. The maximum absolute atomic E-state index is 13.2. The highest BCUT2D eigenvalue weighted by Crippen LogP contribution is 2.49. The van der Waals surface area contributed by atoms with E-state index in [9.17, 15) is 70.3 Å². The molecule has 0 heterocycles. The molecule has 222 valence electrons. The zero-order valence-electron chi connectivity index (χ0n) is 19.1. The van der Waals surface area contributed by atoms with Gasteiger partial charge in [0.25, 0.3) is 21.9 Å². The van der Waals surface area contributed by atoms with Crippen LogP contribution in [0.25, 0.3) is 0 Å². The van der Waals surface area contributed by atoms with Gasteiger partial charge in [-0.1, -0.05) is 6.58 Å². The molecule has 19 heteroatoms. The Balaban J connectivity index is -0.000000304. The molecule has 5 nitrogen and oxygen atoms in total. The molecule has 0 spiro atoms. The fourth-order valence-electron chi connectivity index (χ4n) is 1.45. The number of carbonyl (C=O) groups excluding carboxylic acids is 1. The largest absolute Gasteiger partial charge is 0.461 e. The Morgan fingerprint density at radius 3 is 1.46 bits per heavy atom. The van der Waals surface area contributed by atoms with Crippen molar-refractivity contribution >= 4 is 16.0 Å². The molecule has 0 fully saturated rings. The standard InChI is InChI=1S/C9H10F7NO4S.C5H6F6.2C2H4/c1-3-6(18)21-5-4-17(2)22(19,20)9(15,16)7(10,11)8(12,13)14;6-2-4(8,9)1-5(10,11)3-7;2*1-2/h3H,1,4-5H2,2H3;1-3H2;2*1-2H2. The van der Waals surface area contributed by atoms with E-state index in [1.165, 1.54) is 0 Å². The van der Waals surface area contributed by atoms with Gasteiger partial charge in [0.2, 0.25) is 0 Å². The lowest BCUT2D eigenvalue weighted by Crippen LogP contribution is -2.59. The molecule has 0 aliphatic heterocycles. The van der Waals surface area contributed by atoms with Crippen molar-refractivity contribution in [2.24, 2.45) is 0 Å². The molecule has 0 atom stereocenters. The van der Waals surface area contributed by atoms with Crippen LogP contribution < -0.4 is 0 Å². The molecule has 0 aromatic rings. The highest BCUT2D eigenvalue weighted by Gasteiger charge is 2.79. The summed E-state index contributed by atoms with van der Waals surface area (Å²) in [7, 11) is -6.04. The average Bonchev–Trinajstić information content (AvgIpc) is 2.80. The number of sulfonamides is 1. The first-order chi connectivity index (χ1) is 16.5. The van der Waals surface area contributed by atoms with Crippen LogP contribution in [0, 0.1) is 0 Å². The first-order valence-corrected chi connectivity index (χ1v) is 10.3. The SMILES string of the molecule is C=C.C=C.C=CC(=O)OCCN(C)S(=O)(=O)C(F)(F)C(F)(F)C(F)(F)F.FCC(F)(F)CC(F)(F)CF. The molecule has 0 bridgehead atoms. The summed E-state index contributed by atoms with van der Waals surface area (Å²) in [5, 5.41) is -6.44. The van der Waals surface area contributed by atoms with Crippen molar-refractivity contribution in [2.45, 2.75) is 35.6 Å². The second kappa shape index (κ2) is 16.5. The van der Waals surface area contributed by atoms with Crippen LogP contribution in [0.1, 0.15) is 6.42 Å². The predicted molar refractivity (Wildman–Crippen MR) is 108 cm³/mol. The third-order valence-corrected chi connectivity index (χ3v) is 5.09. The van der Waals surface area contributed by atoms with Gasteiger partial charge in [0.05, 0.1) is 6.42 Å². The summed E-state index contributed by atoms with van der Waals surface area (Å²) < 4.78 is 183. The summed E-state index contributed by atoms with van der Waals surface area (Å²) in [5.74, 6) is -16.1. The Morgan fingerprint density at radius 1 is 0.838 bits per heavy atom. The fourth-order valence-corrected chi connectivity index (χ4v) is 2.60. The first kappa shape index (κ1) is 41.8. The summed E-state index contributed by atoms with van der Waals surface area (Å²) in [4.78, 5) is 10.6. The van der Waals surface area contributed by atoms with Gasteiger partial charge in [-0.25, -0.2) is 39.6 Å². The summed E-state index contributed by atoms with van der Waals surface area (Å²) in [6.07, 6.45) is -8.21. The van der Waals surface area contributed by atoms with Gasteiger partial charge in [-0.05, 0) is 0 Å². The number of nitrogens with zero attached hydrogens (tertiary/aromatic N) is 1. The van der Waals surface area contributed by atoms with Gasteiger partial charge < -0.3 is 4.74 Å². The monoisotopic (exact) mass is 597 g/mol. The van der Waals surface area contributed by atoms with Crippen molar-refractivity contribution in [2.75, 3.05) is 33.5 Å². The molecule has 37 heavy (non-hydrogen) atoms. The number of rotatable bonds is 11. The molecule has 0 amide bonds. The molecule has 0 aromatic carbocycles. The number of likely N-dealkylation sites (N-methyl/N-ethyl adjacent to an activating group) is 1. The minimum atomic E-state index is -6.80. The van der Waals surface area contributed by atoms with Crippen LogP contribution in [0.2, 0.25) is 0 Å². The third-order valence-electron chi connectivity index (χ3n) is 3.18. The second-order valence-corrected chi connectivity index (χ2v) is 8.03. The van der Waals surface area contributed by atoms with E-state index in [0.29, 0.717) is 13.1 Å². The molecule has 0 saturated carbocycles. The van der Waals surface area contributed by atoms with Crippen molar-refractivity contribution in [3.05, 3.63) is 39.0 Å². The lowest BCUT2D eigenvalue weighted by atomic mass is 10.1. The second-order valence-electron chi connectivity index (χ2n) is 5.94. The Hall–Kier alpha value is -2.31. The van der Waals surface area contributed by atoms with Crippen molar-refractivity contribution in [3.8, 4) is 0 Å². The van der Waals surface area contributed by atoms with Gasteiger partial charge in [0, 0.05) is 19.7 Å². The Kier molecular flexibility index (Phi) is 18.7. The zero-order chi connectivity index (χ0) is 31.1. The molecular weight excluding hydrogens is 573 g/mol. The molecule has 0 aromatic heterocycles. The number of halogens is 13. The summed E-state index contributed by atoms with van der Waals surface area (Å²) in [6.45, 7) is 8.65. The zero-order valence-corrected chi connectivity index (χ0v) is 19.9. The normalized spacial score (nSPS) is 12.6. The lowest BCUT2D eigenvalue weighted by Gasteiger charge is -2.30. The molecule has 0 saturated heterocycles. The van der Waals surface area contributed by atoms with Gasteiger partial charge >= 0.3 is 23.3 Å². The Morgan fingerprint density at radius 2 is 1.19 bits per heavy atom. The van der Waals surface area contributed by atoms with E-state index >= 15 is 0 Å². The maximum Gasteiger partial charge on any atom is 0.461 e. The van der Waals surface area contributed by atoms with E-state index in [0.717, 1.165) is 0 Å². The van der Waals surface area contributed by atoms with Gasteiger partial charge in [-0.15, -0.1) is 26.3 Å². The lowest BCUT2D eigenvalue weighted by molar-refractivity contribution is -0.332. The number of carbonyl (C=O) groups is 1.